The maximum Gasteiger partial charge on any atom is 0.277 e. The number of nitrogens with zero attached hydrogens (tertiary/aromatic N) is 4. The van der Waals surface area contributed by atoms with E-state index in [2.05, 4.69) is 4.90 Å². The first kappa shape index (κ1) is 20.3. The molecule has 0 bridgehead atoms. The van der Waals surface area contributed by atoms with Crippen LogP contribution in [0.4, 0.5) is 15.8 Å². The number of halogens is 1. The van der Waals surface area contributed by atoms with Gasteiger partial charge in [0.25, 0.3) is 17.3 Å². The molecule has 0 aliphatic carbocycles. The Hall–Kier alpha value is -3.40. The van der Waals surface area contributed by atoms with Crippen molar-refractivity contribution >= 4 is 17.3 Å². The fraction of sp³-hybridized carbons (Fsp3) is 0.316. The van der Waals surface area contributed by atoms with Crippen LogP contribution in [0.5, 0.6) is 0 Å². The van der Waals surface area contributed by atoms with Gasteiger partial charge in [0.05, 0.1) is 21.5 Å². The summed E-state index contributed by atoms with van der Waals surface area (Å²) < 4.78 is 13.0. The van der Waals surface area contributed by atoms with Crippen LogP contribution in [0, 0.1) is 26.0 Å². The third-order valence-corrected chi connectivity index (χ3v) is 4.77. The Labute approximate surface area is 165 Å². The SMILES string of the molecule is O=C(c1cc([N+](=O)[O-])cc([N+](=O)[O-])c1)N1CCCN(Cc2ccc(F)cc2)CC1. The lowest BCUT2D eigenvalue weighted by molar-refractivity contribution is -0.394. The highest BCUT2D eigenvalue weighted by Crippen LogP contribution is 2.24. The summed E-state index contributed by atoms with van der Waals surface area (Å²) in [5.41, 5.74) is -0.0935. The Balaban J connectivity index is 1.71. The molecule has 10 heteroatoms. The van der Waals surface area contributed by atoms with Crippen molar-refractivity contribution in [2.24, 2.45) is 0 Å². The first-order valence-corrected chi connectivity index (χ1v) is 9.03. The van der Waals surface area contributed by atoms with Gasteiger partial charge in [0, 0.05) is 44.9 Å². The summed E-state index contributed by atoms with van der Waals surface area (Å²) in [5.74, 6) is -0.770. The van der Waals surface area contributed by atoms with Gasteiger partial charge in [-0.15, -0.1) is 0 Å². The van der Waals surface area contributed by atoms with E-state index < -0.39 is 27.1 Å². The summed E-state index contributed by atoms with van der Waals surface area (Å²) in [6, 6.07) is 9.20. The lowest BCUT2D eigenvalue weighted by atomic mass is 10.1. The number of carbonyl (C=O) groups excluding carboxylic acids is 1. The third kappa shape index (κ3) is 5.11. The number of non-ortho nitro benzene ring substituents is 2. The van der Waals surface area contributed by atoms with Crippen LogP contribution in [0.2, 0.25) is 0 Å². The molecule has 3 rings (SSSR count). The Morgan fingerprint density at radius 3 is 2.14 bits per heavy atom. The van der Waals surface area contributed by atoms with Crippen molar-refractivity contribution in [3.63, 3.8) is 0 Å². The molecule has 1 aliphatic rings. The number of nitro groups is 2. The van der Waals surface area contributed by atoms with E-state index in [1.807, 2.05) is 0 Å². The zero-order valence-electron chi connectivity index (χ0n) is 15.5. The van der Waals surface area contributed by atoms with Crippen molar-refractivity contribution in [3.05, 3.63) is 79.6 Å². The lowest BCUT2D eigenvalue weighted by Crippen LogP contribution is -2.35. The molecular formula is C19H19FN4O5. The average Bonchev–Trinajstić information content (AvgIpc) is 2.94. The van der Waals surface area contributed by atoms with Crippen molar-refractivity contribution < 1.29 is 19.0 Å². The number of carbonyl (C=O) groups is 1. The molecule has 0 saturated carbocycles. The maximum absolute atomic E-state index is 13.0. The number of nitro benzene ring substituents is 2. The van der Waals surface area contributed by atoms with Crippen molar-refractivity contribution in [1.82, 2.24) is 9.80 Å². The topological polar surface area (TPSA) is 110 Å². The molecule has 0 unspecified atom stereocenters. The van der Waals surface area contributed by atoms with Crippen LogP contribution in [0.1, 0.15) is 22.3 Å². The predicted molar refractivity (Wildman–Crippen MR) is 102 cm³/mol. The van der Waals surface area contributed by atoms with E-state index in [0.717, 1.165) is 30.3 Å². The highest BCUT2D eigenvalue weighted by Gasteiger charge is 2.25. The van der Waals surface area contributed by atoms with Crippen LogP contribution >= 0.6 is 0 Å². The van der Waals surface area contributed by atoms with Crippen LogP contribution in [0.15, 0.2) is 42.5 Å². The van der Waals surface area contributed by atoms with Crippen molar-refractivity contribution in [1.29, 1.82) is 0 Å². The van der Waals surface area contributed by atoms with Gasteiger partial charge in [-0.05, 0) is 24.1 Å². The molecule has 152 valence electrons. The molecule has 0 atom stereocenters. The van der Waals surface area contributed by atoms with Crippen LogP contribution in [-0.4, -0.2) is 51.7 Å². The first-order valence-electron chi connectivity index (χ1n) is 9.03. The number of benzene rings is 2. The molecule has 0 spiro atoms. The number of amides is 1. The van der Waals surface area contributed by atoms with Crippen LogP contribution < -0.4 is 0 Å². The van der Waals surface area contributed by atoms with Gasteiger partial charge < -0.3 is 4.90 Å². The largest absolute Gasteiger partial charge is 0.337 e. The molecule has 1 amide bonds. The lowest BCUT2D eigenvalue weighted by Gasteiger charge is -2.22. The number of hydrogen-bond donors (Lipinski definition) is 0. The summed E-state index contributed by atoms with van der Waals surface area (Å²) in [6.45, 7) is 2.74. The minimum atomic E-state index is -0.753. The molecule has 29 heavy (non-hydrogen) atoms. The monoisotopic (exact) mass is 402 g/mol. The first-order chi connectivity index (χ1) is 13.8. The summed E-state index contributed by atoms with van der Waals surface area (Å²) >= 11 is 0. The van der Waals surface area contributed by atoms with Gasteiger partial charge in [-0.3, -0.25) is 29.9 Å². The van der Waals surface area contributed by atoms with Gasteiger partial charge in [-0.2, -0.15) is 0 Å². The molecule has 2 aromatic carbocycles. The molecule has 9 nitrogen and oxygen atoms in total. The van der Waals surface area contributed by atoms with Gasteiger partial charge >= 0.3 is 0 Å². The van der Waals surface area contributed by atoms with Crippen LogP contribution in [0.25, 0.3) is 0 Å². The second-order valence-corrected chi connectivity index (χ2v) is 6.80. The Bertz CT molecular complexity index is 902. The highest BCUT2D eigenvalue weighted by atomic mass is 19.1. The van der Waals surface area contributed by atoms with Crippen molar-refractivity contribution in [3.8, 4) is 0 Å². The van der Waals surface area contributed by atoms with Crippen molar-refractivity contribution in [2.75, 3.05) is 26.2 Å². The number of hydrogen-bond acceptors (Lipinski definition) is 6. The Morgan fingerprint density at radius 2 is 1.55 bits per heavy atom. The van der Waals surface area contributed by atoms with E-state index in [0.29, 0.717) is 32.6 Å². The quantitative estimate of drug-likeness (QED) is 0.562. The van der Waals surface area contributed by atoms with Crippen molar-refractivity contribution in [2.45, 2.75) is 13.0 Å². The van der Waals surface area contributed by atoms with E-state index in [1.165, 1.54) is 12.1 Å². The highest BCUT2D eigenvalue weighted by molar-refractivity contribution is 5.95. The molecule has 1 saturated heterocycles. The zero-order chi connectivity index (χ0) is 21.0. The Kier molecular flexibility index (Phi) is 6.13. The second kappa shape index (κ2) is 8.74. The molecule has 1 heterocycles. The van der Waals surface area contributed by atoms with E-state index in [1.54, 1.807) is 17.0 Å². The normalized spacial score (nSPS) is 15.0. The van der Waals surface area contributed by atoms with E-state index in [-0.39, 0.29) is 11.4 Å². The van der Waals surface area contributed by atoms with Crippen LogP contribution in [0.3, 0.4) is 0 Å². The van der Waals surface area contributed by atoms with Gasteiger partial charge in [0.2, 0.25) is 0 Å². The molecule has 0 N–H and O–H groups in total. The van der Waals surface area contributed by atoms with Gasteiger partial charge in [0.1, 0.15) is 5.82 Å². The summed E-state index contributed by atoms with van der Waals surface area (Å²) in [6.07, 6.45) is 0.684. The molecule has 0 aromatic heterocycles. The smallest absolute Gasteiger partial charge is 0.277 e. The van der Waals surface area contributed by atoms with E-state index in [9.17, 15) is 29.4 Å². The minimum Gasteiger partial charge on any atom is -0.337 e. The summed E-state index contributed by atoms with van der Waals surface area (Å²) in [5, 5.41) is 22.1. The number of rotatable bonds is 5. The van der Waals surface area contributed by atoms with Crippen LogP contribution in [-0.2, 0) is 6.54 Å². The third-order valence-electron chi connectivity index (χ3n) is 4.77. The second-order valence-electron chi connectivity index (χ2n) is 6.80. The maximum atomic E-state index is 13.0. The summed E-state index contributed by atoms with van der Waals surface area (Å²) in [4.78, 5) is 37.1. The van der Waals surface area contributed by atoms with E-state index >= 15 is 0 Å². The fourth-order valence-electron chi connectivity index (χ4n) is 3.29. The zero-order valence-corrected chi connectivity index (χ0v) is 15.5. The average molecular weight is 402 g/mol. The molecular weight excluding hydrogens is 383 g/mol. The molecule has 0 radical (unpaired) electrons. The van der Waals surface area contributed by atoms with Gasteiger partial charge in [-0.1, -0.05) is 12.1 Å². The van der Waals surface area contributed by atoms with E-state index in [4.69, 9.17) is 0 Å². The predicted octanol–water partition coefficient (Wildman–Crippen LogP) is 2.99. The summed E-state index contributed by atoms with van der Waals surface area (Å²) in [7, 11) is 0. The Morgan fingerprint density at radius 1 is 0.931 bits per heavy atom. The molecule has 1 fully saturated rings. The van der Waals surface area contributed by atoms with Gasteiger partial charge in [0.15, 0.2) is 0 Å². The molecule has 1 aliphatic heterocycles. The molecule has 2 aromatic rings. The minimum absolute atomic E-state index is 0.0714. The fourth-order valence-corrected chi connectivity index (χ4v) is 3.29. The standard InChI is InChI=1S/C19H19FN4O5/c20-16-4-2-14(3-5-16)13-21-6-1-7-22(9-8-21)19(25)15-10-17(23(26)27)12-18(11-15)24(28)29/h2-5,10-12H,1,6-9,13H2. The van der Waals surface area contributed by atoms with Gasteiger partial charge in [-0.25, -0.2) is 4.39 Å².